The summed E-state index contributed by atoms with van der Waals surface area (Å²) in [6, 6.07) is 13.6. The number of carbonyl (C=O) groups is 1. The lowest BCUT2D eigenvalue weighted by Crippen LogP contribution is -2.11. The minimum absolute atomic E-state index is 0.0446. The average Bonchev–Trinajstić information content (AvgIpc) is 3.00. The zero-order valence-electron chi connectivity index (χ0n) is 13.5. The van der Waals surface area contributed by atoms with E-state index in [9.17, 15) is 4.79 Å². The third-order valence-corrected chi connectivity index (χ3v) is 4.56. The zero-order valence-corrected chi connectivity index (χ0v) is 14.4. The number of hydrogen-bond acceptors (Lipinski definition) is 5. The number of ether oxygens (including phenoxy) is 2. The molecule has 6 heteroatoms. The van der Waals surface area contributed by atoms with Crippen LogP contribution in [0.25, 0.3) is 10.2 Å². The summed E-state index contributed by atoms with van der Waals surface area (Å²) in [6.07, 6.45) is 1.13. The molecule has 0 atom stereocenters. The molecular weight excluding hydrogens is 324 g/mol. The minimum Gasteiger partial charge on any atom is -0.493 e. The molecule has 0 saturated heterocycles. The van der Waals surface area contributed by atoms with Crippen molar-refractivity contribution >= 4 is 32.6 Å². The van der Waals surface area contributed by atoms with Crippen molar-refractivity contribution in [3.8, 4) is 11.5 Å². The molecule has 0 unspecified atom stereocenters. The fraction of sp³-hybridized carbons (Fsp3) is 0.222. The van der Waals surface area contributed by atoms with Crippen LogP contribution in [-0.4, -0.2) is 25.1 Å². The van der Waals surface area contributed by atoms with Gasteiger partial charge in [-0.05, 0) is 12.0 Å². The monoisotopic (exact) mass is 342 g/mol. The fourth-order valence-electron chi connectivity index (χ4n) is 2.39. The maximum absolute atomic E-state index is 12.1. The SMILES string of the molecule is COc1cc2nc(NC(=O)CCc3ccccc3)sc2cc1OC. The van der Waals surface area contributed by atoms with Gasteiger partial charge in [0, 0.05) is 18.6 Å². The molecule has 124 valence electrons. The molecule has 1 heterocycles. The highest BCUT2D eigenvalue weighted by molar-refractivity contribution is 7.22. The van der Waals surface area contributed by atoms with Crippen LogP contribution >= 0.6 is 11.3 Å². The summed E-state index contributed by atoms with van der Waals surface area (Å²) < 4.78 is 11.5. The number of aryl methyl sites for hydroxylation is 1. The molecule has 0 aliphatic carbocycles. The second-order valence-electron chi connectivity index (χ2n) is 5.23. The molecule has 0 aliphatic heterocycles. The van der Waals surface area contributed by atoms with Gasteiger partial charge in [-0.15, -0.1) is 0 Å². The number of aromatic nitrogens is 1. The molecular formula is C18H18N2O3S. The molecule has 0 fully saturated rings. The first-order valence-electron chi connectivity index (χ1n) is 7.56. The van der Waals surface area contributed by atoms with Gasteiger partial charge >= 0.3 is 0 Å². The van der Waals surface area contributed by atoms with E-state index in [0.717, 1.165) is 15.8 Å². The predicted octanol–water partition coefficient (Wildman–Crippen LogP) is 3.88. The Morgan fingerprint density at radius 2 is 1.83 bits per heavy atom. The number of rotatable bonds is 6. The van der Waals surface area contributed by atoms with Crippen molar-refractivity contribution in [2.24, 2.45) is 0 Å². The van der Waals surface area contributed by atoms with Crippen LogP contribution in [0.3, 0.4) is 0 Å². The summed E-state index contributed by atoms with van der Waals surface area (Å²) in [4.78, 5) is 16.6. The summed E-state index contributed by atoms with van der Waals surface area (Å²) >= 11 is 1.42. The standard InChI is InChI=1S/C18H18N2O3S/c1-22-14-10-13-16(11-15(14)23-2)24-18(19-13)20-17(21)9-8-12-6-4-3-5-7-12/h3-7,10-11H,8-9H2,1-2H3,(H,19,20,21). The number of methoxy groups -OCH3 is 2. The van der Waals surface area contributed by atoms with E-state index in [2.05, 4.69) is 10.3 Å². The van der Waals surface area contributed by atoms with Gasteiger partial charge in [0.05, 0.1) is 24.4 Å². The van der Waals surface area contributed by atoms with Crippen LogP contribution in [0.5, 0.6) is 11.5 Å². The summed E-state index contributed by atoms with van der Waals surface area (Å²) in [5.74, 6) is 1.23. The Balaban J connectivity index is 1.69. The minimum atomic E-state index is -0.0446. The average molecular weight is 342 g/mol. The normalized spacial score (nSPS) is 10.6. The number of anilines is 1. The van der Waals surface area contributed by atoms with Gasteiger partial charge in [-0.1, -0.05) is 41.7 Å². The van der Waals surface area contributed by atoms with E-state index in [-0.39, 0.29) is 5.91 Å². The molecule has 3 aromatic rings. The second-order valence-corrected chi connectivity index (χ2v) is 6.26. The maximum Gasteiger partial charge on any atom is 0.226 e. The van der Waals surface area contributed by atoms with E-state index in [1.54, 1.807) is 14.2 Å². The third-order valence-electron chi connectivity index (χ3n) is 3.62. The number of nitrogens with zero attached hydrogens (tertiary/aromatic N) is 1. The van der Waals surface area contributed by atoms with Crippen LogP contribution < -0.4 is 14.8 Å². The third kappa shape index (κ3) is 3.65. The van der Waals surface area contributed by atoms with Crippen molar-refractivity contribution in [3.63, 3.8) is 0 Å². The van der Waals surface area contributed by atoms with Crippen LogP contribution in [0, 0.1) is 0 Å². The van der Waals surface area contributed by atoms with Gasteiger partial charge in [0.2, 0.25) is 5.91 Å². The molecule has 0 bridgehead atoms. The van der Waals surface area contributed by atoms with E-state index >= 15 is 0 Å². The number of carbonyl (C=O) groups excluding carboxylic acids is 1. The molecule has 5 nitrogen and oxygen atoms in total. The van der Waals surface area contributed by atoms with Crippen LogP contribution in [0.15, 0.2) is 42.5 Å². The summed E-state index contributed by atoms with van der Waals surface area (Å²) in [5, 5.41) is 3.45. The van der Waals surface area contributed by atoms with Gasteiger partial charge < -0.3 is 14.8 Å². The predicted molar refractivity (Wildman–Crippen MR) is 96.1 cm³/mol. The highest BCUT2D eigenvalue weighted by atomic mass is 32.1. The van der Waals surface area contributed by atoms with E-state index in [0.29, 0.717) is 29.5 Å². The molecule has 0 spiro atoms. The molecule has 0 radical (unpaired) electrons. The van der Waals surface area contributed by atoms with Gasteiger partial charge in [0.1, 0.15) is 0 Å². The van der Waals surface area contributed by atoms with Crippen molar-refractivity contribution < 1.29 is 14.3 Å². The molecule has 24 heavy (non-hydrogen) atoms. The maximum atomic E-state index is 12.1. The number of fused-ring (bicyclic) bond motifs is 1. The van der Waals surface area contributed by atoms with Crippen molar-refractivity contribution in [2.75, 3.05) is 19.5 Å². The Bertz CT molecular complexity index is 805. The van der Waals surface area contributed by atoms with Crippen LogP contribution in [0.1, 0.15) is 12.0 Å². The van der Waals surface area contributed by atoms with Gasteiger partial charge in [-0.25, -0.2) is 4.98 Å². The van der Waals surface area contributed by atoms with E-state index < -0.39 is 0 Å². The van der Waals surface area contributed by atoms with E-state index in [1.165, 1.54) is 11.3 Å². The van der Waals surface area contributed by atoms with Gasteiger partial charge in [-0.2, -0.15) is 0 Å². The number of amides is 1. The van der Waals surface area contributed by atoms with E-state index in [4.69, 9.17) is 9.47 Å². The first-order chi connectivity index (χ1) is 11.7. The molecule has 1 amide bonds. The number of hydrogen-bond donors (Lipinski definition) is 1. The largest absolute Gasteiger partial charge is 0.493 e. The van der Waals surface area contributed by atoms with Crippen LogP contribution in [0.2, 0.25) is 0 Å². The second kappa shape index (κ2) is 7.31. The number of benzene rings is 2. The molecule has 2 aromatic carbocycles. The first-order valence-corrected chi connectivity index (χ1v) is 8.37. The lowest BCUT2D eigenvalue weighted by Gasteiger charge is -2.05. The zero-order chi connectivity index (χ0) is 16.9. The Hall–Kier alpha value is -2.60. The Morgan fingerprint density at radius 1 is 1.12 bits per heavy atom. The summed E-state index contributed by atoms with van der Waals surface area (Å²) in [7, 11) is 3.18. The van der Waals surface area contributed by atoms with E-state index in [1.807, 2.05) is 42.5 Å². The topological polar surface area (TPSA) is 60.5 Å². The van der Waals surface area contributed by atoms with Crippen molar-refractivity contribution in [1.29, 1.82) is 0 Å². The highest BCUT2D eigenvalue weighted by Crippen LogP contribution is 2.36. The Labute approximate surface area is 144 Å². The molecule has 0 aliphatic rings. The van der Waals surface area contributed by atoms with Crippen molar-refractivity contribution in [2.45, 2.75) is 12.8 Å². The fourth-order valence-corrected chi connectivity index (χ4v) is 3.29. The van der Waals surface area contributed by atoms with Gasteiger partial charge in [0.15, 0.2) is 16.6 Å². The Kier molecular flexibility index (Phi) is 4.96. The summed E-state index contributed by atoms with van der Waals surface area (Å²) in [5.41, 5.74) is 1.92. The van der Waals surface area contributed by atoms with Crippen LogP contribution in [0.4, 0.5) is 5.13 Å². The van der Waals surface area contributed by atoms with Gasteiger partial charge in [-0.3, -0.25) is 4.79 Å². The highest BCUT2D eigenvalue weighted by Gasteiger charge is 2.12. The molecule has 1 aromatic heterocycles. The lowest BCUT2D eigenvalue weighted by atomic mass is 10.1. The quantitative estimate of drug-likeness (QED) is 0.738. The molecule has 3 rings (SSSR count). The van der Waals surface area contributed by atoms with Crippen LogP contribution in [-0.2, 0) is 11.2 Å². The smallest absolute Gasteiger partial charge is 0.226 e. The van der Waals surface area contributed by atoms with Crippen molar-refractivity contribution in [3.05, 3.63) is 48.0 Å². The van der Waals surface area contributed by atoms with Crippen molar-refractivity contribution in [1.82, 2.24) is 4.98 Å². The first kappa shape index (κ1) is 16.3. The molecule has 0 saturated carbocycles. The lowest BCUT2D eigenvalue weighted by molar-refractivity contribution is -0.116. The molecule has 1 N–H and O–H groups in total. The van der Waals surface area contributed by atoms with Gasteiger partial charge in [0.25, 0.3) is 0 Å². The Morgan fingerprint density at radius 3 is 2.54 bits per heavy atom. The summed E-state index contributed by atoms with van der Waals surface area (Å²) in [6.45, 7) is 0. The number of thiazole rings is 1. The number of nitrogens with one attached hydrogen (secondary N) is 1.